The van der Waals surface area contributed by atoms with E-state index in [1.807, 2.05) is 32.0 Å². The Morgan fingerprint density at radius 2 is 2.25 bits per heavy atom. The van der Waals surface area contributed by atoms with E-state index < -0.39 is 6.04 Å². The second-order valence-corrected chi connectivity index (χ2v) is 5.79. The molecule has 3 N–H and O–H groups in total. The highest BCUT2D eigenvalue weighted by Gasteiger charge is 2.27. The van der Waals surface area contributed by atoms with Crippen LogP contribution in [0.2, 0.25) is 5.02 Å². The number of hydrogen-bond acceptors (Lipinski definition) is 2. The highest BCUT2D eigenvalue weighted by Crippen LogP contribution is 2.32. The zero-order valence-corrected chi connectivity index (χ0v) is 13.4. The molecule has 5 heteroatoms. The second kappa shape index (κ2) is 7.30. The van der Waals surface area contributed by atoms with Crippen LogP contribution in [0.5, 0.6) is 0 Å². The SMILES string of the molecule is CCC(C)C(N)C(=O)NC1CCc2cc(Cl)ccc21.Cl. The summed E-state index contributed by atoms with van der Waals surface area (Å²) in [6, 6.07) is 5.51. The molecule has 0 bridgehead atoms. The van der Waals surface area contributed by atoms with E-state index in [1.165, 1.54) is 11.1 Å². The molecule has 112 valence electrons. The van der Waals surface area contributed by atoms with Gasteiger partial charge in [-0.3, -0.25) is 4.79 Å². The summed E-state index contributed by atoms with van der Waals surface area (Å²) in [6.07, 6.45) is 2.79. The Morgan fingerprint density at radius 3 is 2.90 bits per heavy atom. The number of carbonyl (C=O) groups excluding carboxylic acids is 1. The van der Waals surface area contributed by atoms with Crippen molar-refractivity contribution in [3.63, 3.8) is 0 Å². The number of rotatable bonds is 4. The van der Waals surface area contributed by atoms with Gasteiger partial charge >= 0.3 is 0 Å². The van der Waals surface area contributed by atoms with Gasteiger partial charge in [0.15, 0.2) is 0 Å². The van der Waals surface area contributed by atoms with Gasteiger partial charge in [0.1, 0.15) is 0 Å². The number of amides is 1. The number of halogens is 2. The van der Waals surface area contributed by atoms with E-state index in [-0.39, 0.29) is 30.3 Å². The fourth-order valence-electron chi connectivity index (χ4n) is 2.52. The van der Waals surface area contributed by atoms with E-state index in [4.69, 9.17) is 17.3 Å². The molecule has 0 radical (unpaired) electrons. The minimum absolute atomic E-state index is 0. The summed E-state index contributed by atoms with van der Waals surface area (Å²) in [7, 11) is 0. The van der Waals surface area contributed by atoms with E-state index in [1.54, 1.807) is 0 Å². The molecule has 3 atom stereocenters. The average Bonchev–Trinajstić information content (AvgIpc) is 2.79. The Balaban J connectivity index is 0.00000200. The maximum atomic E-state index is 12.1. The quantitative estimate of drug-likeness (QED) is 0.896. The van der Waals surface area contributed by atoms with Crippen molar-refractivity contribution < 1.29 is 4.79 Å². The first kappa shape index (κ1) is 17.3. The van der Waals surface area contributed by atoms with Gasteiger partial charge < -0.3 is 11.1 Å². The van der Waals surface area contributed by atoms with Crippen molar-refractivity contribution in [1.29, 1.82) is 0 Å². The smallest absolute Gasteiger partial charge is 0.237 e. The second-order valence-electron chi connectivity index (χ2n) is 5.35. The summed E-state index contributed by atoms with van der Waals surface area (Å²) in [4.78, 5) is 12.1. The Morgan fingerprint density at radius 1 is 1.55 bits per heavy atom. The largest absolute Gasteiger partial charge is 0.348 e. The van der Waals surface area contributed by atoms with Gasteiger partial charge in [0.05, 0.1) is 12.1 Å². The summed E-state index contributed by atoms with van der Waals surface area (Å²) >= 11 is 5.98. The van der Waals surface area contributed by atoms with Crippen LogP contribution in [0, 0.1) is 5.92 Å². The monoisotopic (exact) mass is 316 g/mol. The fourth-order valence-corrected chi connectivity index (χ4v) is 2.71. The van der Waals surface area contributed by atoms with Crippen LogP contribution in [0.3, 0.4) is 0 Å². The highest BCUT2D eigenvalue weighted by atomic mass is 35.5. The van der Waals surface area contributed by atoms with Gasteiger partial charge in [-0.1, -0.05) is 37.9 Å². The number of hydrogen-bond donors (Lipinski definition) is 2. The third-order valence-electron chi connectivity index (χ3n) is 4.06. The lowest BCUT2D eigenvalue weighted by molar-refractivity contribution is -0.124. The summed E-state index contributed by atoms with van der Waals surface area (Å²) in [6.45, 7) is 4.05. The van der Waals surface area contributed by atoms with Crippen LogP contribution in [0.1, 0.15) is 43.9 Å². The number of nitrogens with two attached hydrogens (primary N) is 1. The zero-order valence-electron chi connectivity index (χ0n) is 11.9. The van der Waals surface area contributed by atoms with Crippen LogP contribution >= 0.6 is 24.0 Å². The predicted molar refractivity (Wildman–Crippen MR) is 85.3 cm³/mol. The van der Waals surface area contributed by atoms with E-state index in [9.17, 15) is 4.79 Å². The van der Waals surface area contributed by atoms with Gasteiger partial charge in [-0.05, 0) is 42.0 Å². The minimum atomic E-state index is -0.429. The third-order valence-corrected chi connectivity index (χ3v) is 4.29. The topological polar surface area (TPSA) is 55.1 Å². The van der Waals surface area contributed by atoms with Crippen LogP contribution in [-0.4, -0.2) is 11.9 Å². The van der Waals surface area contributed by atoms with Gasteiger partial charge in [-0.15, -0.1) is 12.4 Å². The number of nitrogens with one attached hydrogen (secondary N) is 1. The molecule has 0 saturated carbocycles. The first-order valence-corrected chi connectivity index (χ1v) is 7.25. The number of aryl methyl sites for hydroxylation is 1. The summed E-state index contributed by atoms with van der Waals surface area (Å²) in [5, 5.41) is 3.81. The molecule has 3 unspecified atom stereocenters. The van der Waals surface area contributed by atoms with Crippen molar-refractivity contribution in [1.82, 2.24) is 5.32 Å². The lowest BCUT2D eigenvalue weighted by atomic mass is 9.98. The van der Waals surface area contributed by atoms with Crippen molar-refractivity contribution in [2.24, 2.45) is 11.7 Å². The minimum Gasteiger partial charge on any atom is -0.348 e. The van der Waals surface area contributed by atoms with Crippen molar-refractivity contribution in [3.8, 4) is 0 Å². The van der Waals surface area contributed by atoms with E-state index in [0.29, 0.717) is 0 Å². The van der Waals surface area contributed by atoms with Gasteiger partial charge in [0, 0.05) is 5.02 Å². The third kappa shape index (κ3) is 3.66. The molecule has 0 spiro atoms. The summed E-state index contributed by atoms with van der Waals surface area (Å²) in [5.41, 5.74) is 8.37. The standard InChI is InChI=1S/C15H21ClN2O.ClH/c1-3-9(2)14(17)15(19)18-13-7-4-10-8-11(16)5-6-12(10)13;/h5-6,8-9,13-14H,3-4,7,17H2,1-2H3,(H,18,19);1H. The molecule has 0 aromatic heterocycles. The first-order valence-electron chi connectivity index (χ1n) is 6.87. The summed E-state index contributed by atoms with van der Waals surface area (Å²) < 4.78 is 0. The molecule has 1 aromatic carbocycles. The normalized spacial score (nSPS) is 19.7. The van der Waals surface area contributed by atoms with Crippen molar-refractivity contribution in [2.75, 3.05) is 0 Å². The number of carbonyl (C=O) groups is 1. The number of fused-ring (bicyclic) bond motifs is 1. The molecule has 1 aliphatic rings. The van der Waals surface area contributed by atoms with Crippen LogP contribution in [0.25, 0.3) is 0 Å². The lowest BCUT2D eigenvalue weighted by Gasteiger charge is -2.21. The first-order chi connectivity index (χ1) is 9.02. The Labute approximate surface area is 131 Å². The highest BCUT2D eigenvalue weighted by molar-refractivity contribution is 6.30. The van der Waals surface area contributed by atoms with Crippen molar-refractivity contribution in [2.45, 2.75) is 45.2 Å². The maximum absolute atomic E-state index is 12.1. The fraction of sp³-hybridized carbons (Fsp3) is 0.533. The van der Waals surface area contributed by atoms with Crippen LogP contribution in [0.4, 0.5) is 0 Å². The van der Waals surface area contributed by atoms with Gasteiger partial charge in [-0.2, -0.15) is 0 Å². The zero-order chi connectivity index (χ0) is 14.0. The van der Waals surface area contributed by atoms with Crippen molar-refractivity contribution in [3.05, 3.63) is 34.3 Å². The predicted octanol–water partition coefficient (Wildman–Crippen LogP) is 3.24. The molecule has 3 nitrogen and oxygen atoms in total. The van der Waals surface area contributed by atoms with Crippen LogP contribution in [0.15, 0.2) is 18.2 Å². The molecular weight excluding hydrogens is 295 g/mol. The van der Waals surface area contributed by atoms with E-state index in [0.717, 1.165) is 24.3 Å². The van der Waals surface area contributed by atoms with Gasteiger partial charge in [-0.25, -0.2) is 0 Å². The Hall–Kier alpha value is -0.770. The van der Waals surface area contributed by atoms with Gasteiger partial charge in [0.25, 0.3) is 0 Å². The Kier molecular flexibility index (Phi) is 6.31. The Bertz CT molecular complexity index is 479. The molecule has 2 rings (SSSR count). The molecule has 20 heavy (non-hydrogen) atoms. The number of benzene rings is 1. The molecule has 1 aromatic rings. The average molecular weight is 317 g/mol. The maximum Gasteiger partial charge on any atom is 0.237 e. The molecule has 1 amide bonds. The molecule has 0 heterocycles. The van der Waals surface area contributed by atoms with Crippen molar-refractivity contribution >= 4 is 29.9 Å². The molecule has 0 fully saturated rings. The van der Waals surface area contributed by atoms with E-state index >= 15 is 0 Å². The van der Waals surface area contributed by atoms with Gasteiger partial charge in [0.2, 0.25) is 5.91 Å². The summed E-state index contributed by atoms with van der Waals surface area (Å²) in [5.74, 6) is 0.147. The lowest BCUT2D eigenvalue weighted by Crippen LogP contribution is -2.45. The molecule has 1 aliphatic carbocycles. The van der Waals surface area contributed by atoms with Crippen LogP contribution < -0.4 is 11.1 Å². The van der Waals surface area contributed by atoms with E-state index in [2.05, 4.69) is 5.32 Å². The van der Waals surface area contributed by atoms with Crippen LogP contribution in [-0.2, 0) is 11.2 Å². The molecule has 0 saturated heterocycles. The molecule has 0 aliphatic heterocycles. The molecular formula is C15H22Cl2N2O.